The van der Waals surface area contributed by atoms with Crippen molar-refractivity contribution < 1.29 is 24.5 Å². The first-order chi connectivity index (χ1) is 25.9. The van der Waals surface area contributed by atoms with Crippen molar-refractivity contribution in [2.45, 2.75) is 50.3 Å². The number of nitrogens with one attached hydrogen (secondary N) is 2. The van der Waals surface area contributed by atoms with Gasteiger partial charge in [0.15, 0.2) is 6.29 Å². The van der Waals surface area contributed by atoms with Gasteiger partial charge in [-0.15, -0.1) is 5.10 Å². The number of aromatic hydroxyl groups is 1. The first-order valence-corrected chi connectivity index (χ1v) is 18.4. The van der Waals surface area contributed by atoms with E-state index in [0.29, 0.717) is 24.0 Å². The minimum Gasteiger partial charge on any atom is -0.508 e. The number of hydrogen-bond acceptors (Lipinski definition) is 9. The standard InChI is InChI=1S/C41H40N6O5S/c1-27-37(26-53-41-44-45-46-47(41)35-17-19-36(49)20-18-35)51-39(52-38(27)31-15-13-29(25-48)14-16-31)34-12-6-11-33(22-34)32-10-5-9-30(21-32)24-43-40(50)42-23-28-7-3-2-4-8-28/h2-22,27,37-39,48-49H,23-26H2,1H3,(H2,42,43,50)/t27-,37+,38+,39+/m1/s1. The lowest BCUT2D eigenvalue weighted by molar-refractivity contribution is -0.268. The third kappa shape index (κ3) is 8.93. The van der Waals surface area contributed by atoms with Crippen molar-refractivity contribution in [3.8, 4) is 22.6 Å². The van der Waals surface area contributed by atoms with Gasteiger partial charge in [-0.3, -0.25) is 0 Å². The monoisotopic (exact) mass is 728 g/mol. The molecule has 4 atom stereocenters. The molecule has 0 spiro atoms. The van der Waals surface area contributed by atoms with Crippen molar-refractivity contribution >= 4 is 17.8 Å². The fourth-order valence-electron chi connectivity index (χ4n) is 6.24. The summed E-state index contributed by atoms with van der Waals surface area (Å²) in [5.41, 5.74) is 7.44. The number of nitrogens with zero attached hydrogens (tertiary/aromatic N) is 4. The molecule has 1 aromatic heterocycles. The first-order valence-electron chi connectivity index (χ1n) is 17.4. The second-order valence-electron chi connectivity index (χ2n) is 12.9. The second kappa shape index (κ2) is 16.9. The van der Waals surface area contributed by atoms with Crippen LogP contribution < -0.4 is 10.6 Å². The number of amides is 2. The van der Waals surface area contributed by atoms with E-state index in [0.717, 1.165) is 44.6 Å². The number of hydrogen-bond donors (Lipinski definition) is 4. The van der Waals surface area contributed by atoms with E-state index in [9.17, 15) is 15.0 Å². The van der Waals surface area contributed by atoms with Crippen LogP contribution in [0.2, 0.25) is 0 Å². The molecule has 7 rings (SSSR count). The average molecular weight is 729 g/mol. The number of aliphatic hydroxyl groups excluding tert-OH is 1. The van der Waals surface area contributed by atoms with E-state index in [-0.39, 0.29) is 36.5 Å². The highest BCUT2D eigenvalue weighted by Gasteiger charge is 2.38. The number of benzene rings is 5. The molecule has 270 valence electrons. The maximum Gasteiger partial charge on any atom is 0.315 e. The molecule has 0 saturated carbocycles. The molecule has 1 fully saturated rings. The lowest BCUT2D eigenvalue weighted by Crippen LogP contribution is -2.38. The number of aliphatic hydroxyl groups is 1. The molecule has 0 radical (unpaired) electrons. The van der Waals surface area contributed by atoms with E-state index >= 15 is 0 Å². The number of urea groups is 1. The Kier molecular flexibility index (Phi) is 11.4. The van der Waals surface area contributed by atoms with Gasteiger partial charge >= 0.3 is 6.03 Å². The summed E-state index contributed by atoms with van der Waals surface area (Å²) < 4.78 is 15.1. The Hall–Kier alpha value is -5.53. The van der Waals surface area contributed by atoms with E-state index in [2.05, 4.69) is 51.3 Å². The van der Waals surface area contributed by atoms with Crippen LogP contribution in [-0.4, -0.2) is 48.3 Å². The summed E-state index contributed by atoms with van der Waals surface area (Å²) in [5.74, 6) is 0.685. The third-order valence-electron chi connectivity index (χ3n) is 9.20. The molecule has 5 aromatic carbocycles. The number of carbonyl (C=O) groups is 1. The fourth-order valence-corrected chi connectivity index (χ4v) is 7.29. The molecular formula is C41H40N6O5S. The minimum atomic E-state index is -0.662. The summed E-state index contributed by atoms with van der Waals surface area (Å²) in [7, 11) is 0. The van der Waals surface area contributed by atoms with Gasteiger partial charge in [-0.05, 0) is 80.2 Å². The largest absolute Gasteiger partial charge is 0.508 e. The van der Waals surface area contributed by atoms with E-state index in [4.69, 9.17) is 9.47 Å². The molecule has 6 aromatic rings. The van der Waals surface area contributed by atoms with Crippen molar-refractivity contribution in [3.63, 3.8) is 0 Å². The summed E-state index contributed by atoms with van der Waals surface area (Å²) in [6.07, 6.45) is -1.19. The number of phenols is 1. The summed E-state index contributed by atoms with van der Waals surface area (Å²) >= 11 is 1.49. The van der Waals surface area contributed by atoms with Crippen molar-refractivity contribution in [1.29, 1.82) is 0 Å². The molecule has 53 heavy (non-hydrogen) atoms. The molecule has 2 heterocycles. The Morgan fingerprint density at radius 3 is 2.23 bits per heavy atom. The highest BCUT2D eigenvalue weighted by atomic mass is 32.2. The lowest BCUT2D eigenvalue weighted by Gasteiger charge is -2.41. The SMILES string of the molecule is C[C@@H]1[C@H](CSc2nnnn2-c2ccc(O)cc2)O[C@H](c2cccc(-c3cccc(CNC(=O)NCc4ccccc4)c3)c2)O[C@@H]1c1ccc(CO)cc1. The van der Waals surface area contributed by atoms with Gasteiger partial charge in [0.05, 0.1) is 24.5 Å². The molecule has 1 aliphatic heterocycles. The predicted molar refractivity (Wildman–Crippen MR) is 202 cm³/mol. The zero-order valence-electron chi connectivity index (χ0n) is 29.1. The van der Waals surface area contributed by atoms with Gasteiger partial charge in [-0.25, -0.2) is 4.79 Å². The molecule has 1 saturated heterocycles. The highest BCUT2D eigenvalue weighted by molar-refractivity contribution is 7.99. The molecule has 4 N–H and O–H groups in total. The summed E-state index contributed by atoms with van der Waals surface area (Å²) in [5, 5.41) is 38.2. The van der Waals surface area contributed by atoms with Gasteiger partial charge in [-0.2, -0.15) is 4.68 Å². The summed E-state index contributed by atoms with van der Waals surface area (Å²) in [6, 6.07) is 40.4. The molecule has 12 heteroatoms. The molecule has 1 aliphatic rings. The zero-order chi connectivity index (χ0) is 36.6. The van der Waals surface area contributed by atoms with Crippen LogP contribution in [0.25, 0.3) is 16.8 Å². The van der Waals surface area contributed by atoms with E-state index in [1.165, 1.54) is 11.8 Å². The fraction of sp³-hybridized carbons (Fsp3) is 0.220. The molecule has 11 nitrogen and oxygen atoms in total. The van der Waals surface area contributed by atoms with Gasteiger partial charge in [0.2, 0.25) is 5.16 Å². The summed E-state index contributed by atoms with van der Waals surface area (Å²) in [4.78, 5) is 12.5. The average Bonchev–Trinajstić information content (AvgIpc) is 3.68. The van der Waals surface area contributed by atoms with Gasteiger partial charge in [0.25, 0.3) is 0 Å². The summed E-state index contributed by atoms with van der Waals surface area (Å²) in [6.45, 7) is 2.92. The van der Waals surface area contributed by atoms with Gasteiger partial charge < -0.3 is 30.3 Å². The second-order valence-corrected chi connectivity index (χ2v) is 13.9. The van der Waals surface area contributed by atoms with Crippen LogP contribution in [0.15, 0.2) is 133 Å². The zero-order valence-corrected chi connectivity index (χ0v) is 29.9. The van der Waals surface area contributed by atoms with Crippen LogP contribution in [0.3, 0.4) is 0 Å². The molecular weight excluding hydrogens is 689 g/mol. The minimum absolute atomic E-state index is 0.0333. The van der Waals surface area contributed by atoms with Crippen LogP contribution >= 0.6 is 11.8 Å². The Bertz CT molecular complexity index is 2110. The van der Waals surface area contributed by atoms with Gasteiger partial charge in [0.1, 0.15) is 5.75 Å². The molecule has 0 aliphatic carbocycles. The van der Waals surface area contributed by atoms with Crippen molar-refractivity contribution in [2.24, 2.45) is 5.92 Å². The van der Waals surface area contributed by atoms with Crippen LogP contribution in [0, 0.1) is 5.92 Å². The Balaban J connectivity index is 1.08. The van der Waals surface area contributed by atoms with E-state index < -0.39 is 6.29 Å². The lowest BCUT2D eigenvalue weighted by atomic mass is 9.91. The van der Waals surface area contributed by atoms with Crippen LogP contribution in [0.5, 0.6) is 5.75 Å². The smallest absolute Gasteiger partial charge is 0.315 e. The number of phenolic OH excluding ortho intramolecular Hbond substituents is 1. The third-order valence-corrected chi connectivity index (χ3v) is 10.2. The Morgan fingerprint density at radius 1 is 0.774 bits per heavy atom. The predicted octanol–water partition coefficient (Wildman–Crippen LogP) is 7.11. The number of aromatic nitrogens is 4. The van der Waals surface area contributed by atoms with E-state index in [1.807, 2.05) is 84.9 Å². The Labute approximate surface area is 312 Å². The van der Waals surface area contributed by atoms with Crippen molar-refractivity contribution in [3.05, 3.63) is 155 Å². The molecule has 0 unspecified atom stereocenters. The van der Waals surface area contributed by atoms with Crippen molar-refractivity contribution in [1.82, 2.24) is 30.8 Å². The first kappa shape index (κ1) is 35.9. The number of rotatable bonds is 12. The van der Waals surface area contributed by atoms with Crippen molar-refractivity contribution in [2.75, 3.05) is 5.75 Å². The van der Waals surface area contributed by atoms with Crippen LogP contribution in [-0.2, 0) is 29.2 Å². The maximum absolute atomic E-state index is 12.5. The highest BCUT2D eigenvalue weighted by Crippen LogP contribution is 2.43. The molecule has 2 amide bonds. The Morgan fingerprint density at radius 2 is 1.47 bits per heavy atom. The number of ether oxygens (including phenoxy) is 2. The number of tetrazole rings is 1. The number of carbonyl (C=O) groups excluding carboxylic acids is 1. The van der Waals surface area contributed by atoms with Gasteiger partial charge in [0, 0.05) is 30.3 Å². The van der Waals surface area contributed by atoms with Crippen LogP contribution in [0.1, 0.15) is 47.1 Å². The normalized spacial score (nSPS) is 18.4. The van der Waals surface area contributed by atoms with Crippen LogP contribution in [0.4, 0.5) is 4.79 Å². The topological polar surface area (TPSA) is 144 Å². The quantitative estimate of drug-likeness (QED) is 0.0970. The van der Waals surface area contributed by atoms with E-state index in [1.54, 1.807) is 28.9 Å². The number of thioether (sulfide) groups is 1. The van der Waals surface area contributed by atoms with Gasteiger partial charge in [-0.1, -0.05) is 110 Å². The maximum atomic E-state index is 12.5. The molecule has 0 bridgehead atoms.